The monoisotopic (exact) mass is 398 g/mol. The van der Waals surface area contributed by atoms with Crippen LogP contribution in [0.2, 0.25) is 0 Å². The molecule has 3 aromatic carbocycles. The Morgan fingerprint density at radius 3 is 2.38 bits per heavy atom. The molecule has 6 heteroatoms. The van der Waals surface area contributed by atoms with E-state index in [2.05, 4.69) is 39.8 Å². The summed E-state index contributed by atoms with van der Waals surface area (Å²) in [5.74, 6) is -0.376. The van der Waals surface area contributed by atoms with Crippen LogP contribution in [0.3, 0.4) is 0 Å². The number of hydrogen-bond acceptors (Lipinski definition) is 5. The molecule has 0 bridgehead atoms. The Labute approximate surface area is 171 Å². The highest BCUT2D eigenvalue weighted by Crippen LogP contribution is 2.26. The van der Waals surface area contributed by atoms with E-state index in [1.165, 1.54) is 23.5 Å². The zero-order valence-electron chi connectivity index (χ0n) is 15.2. The Morgan fingerprint density at radius 1 is 0.931 bits per heavy atom. The van der Waals surface area contributed by atoms with Crippen molar-refractivity contribution in [3.05, 3.63) is 95.1 Å². The highest BCUT2D eigenvalue weighted by Gasteiger charge is 2.11. The lowest BCUT2D eigenvalue weighted by molar-refractivity contribution is 0.628. The second-order valence-corrected chi connectivity index (χ2v) is 7.03. The maximum atomic E-state index is 13.3. The van der Waals surface area contributed by atoms with Gasteiger partial charge in [-0.1, -0.05) is 60.7 Å². The van der Waals surface area contributed by atoms with Crippen molar-refractivity contribution in [2.24, 2.45) is 5.10 Å². The van der Waals surface area contributed by atoms with Gasteiger partial charge in [-0.05, 0) is 29.3 Å². The smallest absolute Gasteiger partial charge is 0.196 e. The van der Waals surface area contributed by atoms with Gasteiger partial charge in [0.25, 0.3) is 0 Å². The lowest BCUT2D eigenvalue weighted by atomic mass is 10.0. The minimum Gasteiger partial charge on any atom is -0.277 e. The molecule has 4 nitrogen and oxygen atoms in total. The molecule has 1 heterocycles. The molecule has 0 saturated heterocycles. The molecule has 0 radical (unpaired) electrons. The molecule has 4 rings (SSSR count). The molecular weight excluding hydrogens is 383 g/mol. The van der Waals surface area contributed by atoms with Gasteiger partial charge < -0.3 is 0 Å². The van der Waals surface area contributed by atoms with Crippen LogP contribution in [0.5, 0.6) is 0 Å². The quantitative estimate of drug-likeness (QED) is 0.333. The van der Waals surface area contributed by atoms with Crippen LogP contribution >= 0.6 is 11.3 Å². The van der Waals surface area contributed by atoms with Crippen LogP contribution in [0.25, 0.3) is 22.4 Å². The number of benzene rings is 3. The van der Waals surface area contributed by atoms with Gasteiger partial charge in [0.15, 0.2) is 10.7 Å². The van der Waals surface area contributed by atoms with Crippen molar-refractivity contribution in [3.63, 3.8) is 0 Å². The highest BCUT2D eigenvalue weighted by atomic mass is 32.1. The molecule has 0 unspecified atom stereocenters. The molecule has 0 aliphatic heterocycles. The Kier molecular flexibility index (Phi) is 5.41. The fourth-order valence-corrected chi connectivity index (χ4v) is 3.54. The van der Waals surface area contributed by atoms with Gasteiger partial charge in [0.05, 0.1) is 11.4 Å². The zero-order valence-corrected chi connectivity index (χ0v) is 16.0. The van der Waals surface area contributed by atoms with Gasteiger partial charge >= 0.3 is 0 Å². The number of nitrogens with one attached hydrogen (secondary N) is 1. The van der Waals surface area contributed by atoms with Crippen LogP contribution in [0.4, 0.5) is 10.1 Å². The van der Waals surface area contributed by atoms with Crippen LogP contribution in [-0.2, 0) is 0 Å². The molecule has 4 aromatic rings. The summed E-state index contributed by atoms with van der Waals surface area (Å²) < 4.78 is 13.3. The average molecular weight is 398 g/mol. The van der Waals surface area contributed by atoms with Gasteiger partial charge in [0, 0.05) is 10.9 Å². The second kappa shape index (κ2) is 8.46. The van der Waals surface area contributed by atoms with Crippen LogP contribution < -0.4 is 5.43 Å². The van der Waals surface area contributed by atoms with E-state index in [-0.39, 0.29) is 11.5 Å². The van der Waals surface area contributed by atoms with Crippen LogP contribution in [0.15, 0.2) is 89.3 Å². The molecule has 0 spiro atoms. The van der Waals surface area contributed by atoms with E-state index in [9.17, 15) is 9.65 Å². The average Bonchev–Trinajstić information content (AvgIpc) is 3.25. The molecule has 1 N–H and O–H groups in total. The zero-order chi connectivity index (χ0) is 20.1. The third-order valence-corrected chi connectivity index (χ3v) is 5.07. The molecule has 0 amide bonds. The fourth-order valence-electron chi connectivity index (χ4n) is 2.78. The third kappa shape index (κ3) is 4.37. The van der Waals surface area contributed by atoms with Crippen molar-refractivity contribution in [2.75, 3.05) is 5.43 Å². The molecule has 0 fully saturated rings. The fraction of sp³-hybridized carbons (Fsp3) is 0. The largest absolute Gasteiger partial charge is 0.277 e. The minimum absolute atomic E-state index is 0.145. The Hall–Kier alpha value is -3.82. The number of anilines is 1. The summed E-state index contributed by atoms with van der Waals surface area (Å²) in [5.41, 5.74) is 7.33. The predicted molar refractivity (Wildman–Crippen MR) is 115 cm³/mol. The van der Waals surface area contributed by atoms with Gasteiger partial charge in [0.1, 0.15) is 11.9 Å². The predicted octanol–water partition coefficient (Wildman–Crippen LogP) is 5.96. The number of hydrazone groups is 1. The van der Waals surface area contributed by atoms with E-state index >= 15 is 0 Å². The SMILES string of the molecule is N#CC(=NNc1cccc(F)c1)c1nc(-c2ccc(-c3ccccc3)cc2)cs1. The van der Waals surface area contributed by atoms with Crippen molar-refractivity contribution < 1.29 is 4.39 Å². The number of thiazole rings is 1. The van der Waals surface area contributed by atoms with Crippen molar-refractivity contribution in [1.82, 2.24) is 4.98 Å². The number of aromatic nitrogens is 1. The van der Waals surface area contributed by atoms with Gasteiger partial charge in [-0.15, -0.1) is 11.3 Å². The first-order valence-electron chi connectivity index (χ1n) is 8.84. The second-order valence-electron chi connectivity index (χ2n) is 6.18. The Bertz CT molecular complexity index is 1190. The van der Waals surface area contributed by atoms with E-state index in [0.29, 0.717) is 10.7 Å². The summed E-state index contributed by atoms with van der Waals surface area (Å²) in [7, 11) is 0. The molecule has 1 aromatic heterocycles. The van der Waals surface area contributed by atoms with Gasteiger partial charge in [-0.2, -0.15) is 10.4 Å². The van der Waals surface area contributed by atoms with E-state index in [1.807, 2.05) is 41.8 Å². The maximum absolute atomic E-state index is 13.3. The topological polar surface area (TPSA) is 61.1 Å². The first-order valence-corrected chi connectivity index (χ1v) is 9.72. The van der Waals surface area contributed by atoms with Crippen molar-refractivity contribution in [2.45, 2.75) is 0 Å². The minimum atomic E-state index is -0.376. The van der Waals surface area contributed by atoms with E-state index in [1.54, 1.807) is 12.1 Å². The number of nitrogens with zero attached hydrogens (tertiary/aromatic N) is 3. The molecule has 0 saturated carbocycles. The third-order valence-electron chi connectivity index (χ3n) is 4.22. The standard InChI is InChI=1S/C23H15FN4S/c24-19-7-4-8-20(13-19)27-28-21(14-25)23-26-22(15-29-23)18-11-9-17(10-12-18)16-5-2-1-3-6-16/h1-13,15,27H. The number of nitriles is 1. The van der Waals surface area contributed by atoms with E-state index in [0.717, 1.165) is 22.4 Å². The van der Waals surface area contributed by atoms with Gasteiger partial charge in [-0.25, -0.2) is 9.37 Å². The van der Waals surface area contributed by atoms with E-state index < -0.39 is 0 Å². The molecule has 29 heavy (non-hydrogen) atoms. The van der Waals surface area contributed by atoms with Crippen molar-refractivity contribution in [1.29, 1.82) is 5.26 Å². The van der Waals surface area contributed by atoms with Crippen LogP contribution in [0.1, 0.15) is 5.01 Å². The lowest BCUT2D eigenvalue weighted by Crippen LogP contribution is -2.01. The van der Waals surface area contributed by atoms with Crippen molar-refractivity contribution in [3.8, 4) is 28.5 Å². The lowest BCUT2D eigenvalue weighted by Gasteiger charge is -2.03. The normalized spacial score (nSPS) is 11.1. The summed E-state index contributed by atoms with van der Waals surface area (Å²) in [6, 6.07) is 26.2. The molecule has 0 atom stereocenters. The van der Waals surface area contributed by atoms with Crippen LogP contribution in [0, 0.1) is 17.1 Å². The van der Waals surface area contributed by atoms with Gasteiger partial charge in [0.2, 0.25) is 0 Å². The summed E-state index contributed by atoms with van der Waals surface area (Å²) in [6.45, 7) is 0. The van der Waals surface area contributed by atoms with Crippen molar-refractivity contribution >= 4 is 22.7 Å². The number of halogens is 1. The van der Waals surface area contributed by atoms with E-state index in [4.69, 9.17) is 0 Å². The summed E-state index contributed by atoms with van der Waals surface area (Å²) >= 11 is 1.34. The Balaban J connectivity index is 1.54. The summed E-state index contributed by atoms with van der Waals surface area (Å²) in [4.78, 5) is 4.54. The van der Waals surface area contributed by atoms with Crippen LogP contribution in [-0.4, -0.2) is 10.7 Å². The summed E-state index contributed by atoms with van der Waals surface area (Å²) in [6.07, 6.45) is 0. The molecule has 140 valence electrons. The Morgan fingerprint density at radius 2 is 1.66 bits per heavy atom. The molecule has 0 aliphatic carbocycles. The van der Waals surface area contributed by atoms with Gasteiger partial charge in [-0.3, -0.25) is 5.43 Å². The highest BCUT2D eigenvalue weighted by molar-refractivity contribution is 7.12. The first kappa shape index (κ1) is 18.5. The first-order chi connectivity index (χ1) is 14.2. The maximum Gasteiger partial charge on any atom is 0.196 e. The molecule has 0 aliphatic rings. The summed E-state index contributed by atoms with van der Waals surface area (Å²) in [5, 5.41) is 15.9. The number of hydrogen-bond donors (Lipinski definition) is 1. The molecular formula is C23H15FN4S. The number of rotatable bonds is 5.